The first-order valence-electron chi connectivity index (χ1n) is 5.44. The lowest BCUT2D eigenvalue weighted by molar-refractivity contribution is 0.249. The number of nitrogens with zero attached hydrogens (tertiary/aromatic N) is 2. The van der Waals surface area contributed by atoms with E-state index in [4.69, 9.17) is 11.6 Å². The number of urea groups is 1. The Kier molecular flexibility index (Phi) is 4.39. The summed E-state index contributed by atoms with van der Waals surface area (Å²) < 4.78 is 0.846. The highest BCUT2D eigenvalue weighted by Crippen LogP contribution is 2.25. The lowest BCUT2D eigenvalue weighted by atomic mass is 10.3. The lowest BCUT2D eigenvalue weighted by Crippen LogP contribution is -2.31. The number of aromatic nitrogens is 3. The summed E-state index contributed by atoms with van der Waals surface area (Å²) in [5.74, 6) is 0.581. The lowest BCUT2D eigenvalue weighted by Gasteiger charge is -2.13. The third-order valence-corrected chi connectivity index (χ3v) is 3.18. The van der Waals surface area contributed by atoms with Crippen molar-refractivity contribution < 1.29 is 4.79 Å². The molecule has 2 aromatic rings. The second kappa shape index (κ2) is 6.03. The molecule has 1 heterocycles. The van der Waals surface area contributed by atoms with Gasteiger partial charge in [0.15, 0.2) is 0 Å². The largest absolute Gasteiger partial charge is 0.328 e. The summed E-state index contributed by atoms with van der Waals surface area (Å²) in [5, 5.41) is 12.3. The van der Waals surface area contributed by atoms with Gasteiger partial charge in [-0.1, -0.05) is 27.5 Å². The van der Waals surface area contributed by atoms with Gasteiger partial charge in [0.1, 0.15) is 12.2 Å². The van der Waals surface area contributed by atoms with E-state index in [1.165, 1.54) is 6.33 Å². The number of anilines is 1. The van der Waals surface area contributed by atoms with Crippen molar-refractivity contribution in [3.05, 3.63) is 39.8 Å². The second-order valence-corrected chi connectivity index (χ2v) is 5.14. The van der Waals surface area contributed by atoms with Gasteiger partial charge in [0.25, 0.3) is 0 Å². The normalized spacial score (nSPS) is 11.9. The van der Waals surface area contributed by atoms with Crippen molar-refractivity contribution in [2.45, 2.75) is 13.0 Å². The number of H-pyrrole nitrogens is 1. The predicted octanol–water partition coefficient (Wildman–Crippen LogP) is 3.10. The zero-order valence-electron chi connectivity index (χ0n) is 9.95. The van der Waals surface area contributed by atoms with Crippen molar-refractivity contribution in [2.24, 2.45) is 0 Å². The van der Waals surface area contributed by atoms with Gasteiger partial charge in [-0.25, -0.2) is 9.78 Å². The van der Waals surface area contributed by atoms with Crippen LogP contribution < -0.4 is 10.6 Å². The average Bonchev–Trinajstić information content (AvgIpc) is 2.86. The molecule has 2 amide bonds. The van der Waals surface area contributed by atoms with E-state index in [0.717, 1.165) is 4.47 Å². The van der Waals surface area contributed by atoms with Crippen LogP contribution in [-0.2, 0) is 0 Å². The van der Waals surface area contributed by atoms with E-state index < -0.39 is 0 Å². The Morgan fingerprint density at radius 2 is 2.32 bits per heavy atom. The second-order valence-electron chi connectivity index (χ2n) is 3.82. The minimum atomic E-state index is -0.367. The molecule has 2 rings (SSSR count). The maximum Gasteiger partial charge on any atom is 0.319 e. The summed E-state index contributed by atoms with van der Waals surface area (Å²) in [6.07, 6.45) is 1.39. The molecular weight excluding hydrogens is 334 g/mol. The molecule has 0 saturated carbocycles. The Labute approximate surface area is 123 Å². The highest BCUT2D eigenvalue weighted by Gasteiger charge is 2.12. The third-order valence-electron chi connectivity index (χ3n) is 2.37. The standard InChI is InChI=1S/C11H11BrClN5O/c1-6(10-14-5-15-18-10)16-11(19)17-9-3-2-7(12)4-8(9)13/h2-6H,1H3,(H,14,15,18)(H2,16,17,19). The van der Waals surface area contributed by atoms with Crippen LogP contribution in [-0.4, -0.2) is 21.2 Å². The number of nitrogens with one attached hydrogen (secondary N) is 3. The number of amides is 2. The molecule has 1 aromatic heterocycles. The van der Waals surface area contributed by atoms with Gasteiger partial charge in [0.05, 0.1) is 16.8 Å². The number of carbonyl (C=O) groups excluding carboxylic acids is 1. The quantitative estimate of drug-likeness (QED) is 0.800. The fraction of sp³-hybridized carbons (Fsp3) is 0.182. The fourth-order valence-corrected chi connectivity index (χ4v) is 2.16. The SMILES string of the molecule is CC(NC(=O)Nc1ccc(Br)cc1Cl)c1ncn[nH]1. The van der Waals surface area contributed by atoms with Gasteiger partial charge < -0.3 is 10.6 Å². The van der Waals surface area contributed by atoms with Crippen molar-refractivity contribution in [1.82, 2.24) is 20.5 Å². The molecule has 0 aliphatic rings. The van der Waals surface area contributed by atoms with Crippen LogP contribution >= 0.6 is 27.5 Å². The highest BCUT2D eigenvalue weighted by atomic mass is 79.9. The van der Waals surface area contributed by atoms with Gasteiger partial charge >= 0.3 is 6.03 Å². The van der Waals surface area contributed by atoms with Gasteiger partial charge in [0.2, 0.25) is 0 Å². The summed E-state index contributed by atoms with van der Waals surface area (Å²) >= 11 is 9.31. The zero-order valence-corrected chi connectivity index (χ0v) is 12.3. The molecule has 100 valence electrons. The molecule has 6 nitrogen and oxygen atoms in total. The molecule has 3 N–H and O–H groups in total. The van der Waals surface area contributed by atoms with E-state index in [-0.39, 0.29) is 12.1 Å². The van der Waals surface area contributed by atoms with E-state index in [1.807, 2.05) is 0 Å². The van der Waals surface area contributed by atoms with Gasteiger partial charge in [0, 0.05) is 4.47 Å². The van der Waals surface area contributed by atoms with E-state index in [0.29, 0.717) is 16.5 Å². The number of carbonyl (C=O) groups is 1. The minimum absolute atomic E-state index is 0.281. The first kappa shape index (κ1) is 13.8. The van der Waals surface area contributed by atoms with Crippen LogP contribution in [0.25, 0.3) is 0 Å². The van der Waals surface area contributed by atoms with Crippen LogP contribution in [0.3, 0.4) is 0 Å². The summed E-state index contributed by atoms with van der Waals surface area (Å²) in [5.41, 5.74) is 0.534. The van der Waals surface area contributed by atoms with Crippen LogP contribution in [0.15, 0.2) is 29.0 Å². The molecule has 0 spiro atoms. The van der Waals surface area contributed by atoms with Crippen LogP contribution in [0.4, 0.5) is 10.5 Å². The van der Waals surface area contributed by atoms with Gasteiger partial charge in [-0.15, -0.1) is 0 Å². The van der Waals surface area contributed by atoms with E-state index in [2.05, 4.69) is 41.7 Å². The Bertz CT molecular complexity index is 574. The molecule has 19 heavy (non-hydrogen) atoms. The molecule has 1 aromatic carbocycles. The molecule has 0 aliphatic carbocycles. The number of hydrogen-bond donors (Lipinski definition) is 3. The molecule has 0 radical (unpaired) electrons. The molecular formula is C11H11BrClN5O. The molecule has 0 aliphatic heterocycles. The van der Waals surface area contributed by atoms with Crippen molar-refractivity contribution in [3.63, 3.8) is 0 Å². The van der Waals surface area contributed by atoms with Crippen LogP contribution in [0.2, 0.25) is 5.02 Å². The number of hydrogen-bond acceptors (Lipinski definition) is 3. The van der Waals surface area contributed by atoms with Gasteiger partial charge in [-0.2, -0.15) is 5.10 Å². The Hall–Kier alpha value is -1.60. The van der Waals surface area contributed by atoms with Crippen LogP contribution in [0.1, 0.15) is 18.8 Å². The average molecular weight is 345 g/mol. The maximum absolute atomic E-state index is 11.8. The highest BCUT2D eigenvalue weighted by molar-refractivity contribution is 9.10. The Morgan fingerprint density at radius 3 is 2.95 bits per heavy atom. The Morgan fingerprint density at radius 1 is 1.53 bits per heavy atom. The summed E-state index contributed by atoms with van der Waals surface area (Å²) in [4.78, 5) is 15.8. The predicted molar refractivity (Wildman–Crippen MR) is 76.1 cm³/mol. The van der Waals surface area contributed by atoms with Crippen LogP contribution in [0, 0.1) is 0 Å². The third kappa shape index (κ3) is 3.68. The first-order chi connectivity index (χ1) is 9.06. The number of benzene rings is 1. The smallest absolute Gasteiger partial charge is 0.319 e. The molecule has 1 atom stereocenters. The Balaban J connectivity index is 1.98. The number of rotatable bonds is 3. The molecule has 0 bridgehead atoms. The first-order valence-corrected chi connectivity index (χ1v) is 6.61. The van der Waals surface area contributed by atoms with Gasteiger partial charge in [-0.3, -0.25) is 5.10 Å². The summed E-state index contributed by atoms with van der Waals surface area (Å²) in [7, 11) is 0. The molecule has 0 fully saturated rings. The number of aromatic amines is 1. The van der Waals surface area contributed by atoms with Crippen molar-refractivity contribution in [3.8, 4) is 0 Å². The van der Waals surface area contributed by atoms with E-state index in [1.54, 1.807) is 25.1 Å². The minimum Gasteiger partial charge on any atom is -0.328 e. The summed E-state index contributed by atoms with van der Waals surface area (Å²) in [6, 6.07) is 4.56. The summed E-state index contributed by atoms with van der Waals surface area (Å²) in [6.45, 7) is 1.79. The zero-order chi connectivity index (χ0) is 13.8. The van der Waals surface area contributed by atoms with Crippen LogP contribution in [0.5, 0.6) is 0 Å². The van der Waals surface area contributed by atoms with Crippen molar-refractivity contribution >= 4 is 39.2 Å². The monoisotopic (exact) mass is 343 g/mol. The van der Waals surface area contributed by atoms with E-state index >= 15 is 0 Å². The van der Waals surface area contributed by atoms with Gasteiger partial charge in [-0.05, 0) is 25.1 Å². The molecule has 0 saturated heterocycles. The molecule has 8 heteroatoms. The number of halogens is 2. The topological polar surface area (TPSA) is 82.7 Å². The van der Waals surface area contributed by atoms with E-state index in [9.17, 15) is 4.79 Å². The van der Waals surface area contributed by atoms with Crippen molar-refractivity contribution in [1.29, 1.82) is 0 Å². The van der Waals surface area contributed by atoms with Crippen molar-refractivity contribution in [2.75, 3.05) is 5.32 Å². The fourth-order valence-electron chi connectivity index (χ4n) is 1.44. The maximum atomic E-state index is 11.8. The molecule has 1 unspecified atom stereocenters.